The summed E-state index contributed by atoms with van der Waals surface area (Å²) in [6.45, 7) is 2.59. The molecule has 1 rings (SSSR count). The van der Waals surface area contributed by atoms with Crippen LogP contribution in [0.4, 0.5) is 8.78 Å². The second kappa shape index (κ2) is 5.43. The molecule has 18 heavy (non-hydrogen) atoms. The summed E-state index contributed by atoms with van der Waals surface area (Å²) in [5.41, 5.74) is 0. The third kappa shape index (κ3) is 2.84. The summed E-state index contributed by atoms with van der Waals surface area (Å²) in [5, 5.41) is -1.59. The lowest BCUT2D eigenvalue weighted by molar-refractivity contribution is -0.142. The van der Waals surface area contributed by atoms with Crippen LogP contribution in [0.5, 0.6) is 0 Å². The molecule has 7 heteroatoms. The Kier molecular flexibility index (Phi) is 4.39. The van der Waals surface area contributed by atoms with E-state index in [4.69, 9.17) is 0 Å². The standard InChI is InChI=1S/C11H12F2O4S/c1-3-17-11(14)7(2)18(15,16)10-6-8(12)4-5-9(10)13/h4-7H,3H2,1-2H3. The van der Waals surface area contributed by atoms with Crippen molar-refractivity contribution < 1.29 is 26.7 Å². The molecule has 1 aromatic carbocycles. The first-order valence-electron chi connectivity index (χ1n) is 5.16. The minimum Gasteiger partial charge on any atom is -0.465 e. The van der Waals surface area contributed by atoms with Gasteiger partial charge in [0.2, 0.25) is 0 Å². The molecule has 0 saturated carbocycles. The van der Waals surface area contributed by atoms with E-state index >= 15 is 0 Å². The number of sulfone groups is 1. The molecule has 0 amide bonds. The SMILES string of the molecule is CCOC(=O)C(C)S(=O)(=O)c1cc(F)ccc1F. The van der Waals surface area contributed by atoms with Crippen molar-refractivity contribution in [2.45, 2.75) is 24.0 Å². The number of esters is 1. The summed E-state index contributed by atoms with van der Waals surface area (Å²) in [5.74, 6) is -3.00. The van der Waals surface area contributed by atoms with Crippen LogP contribution in [-0.4, -0.2) is 26.2 Å². The first kappa shape index (κ1) is 14.6. The lowest BCUT2D eigenvalue weighted by Crippen LogP contribution is -2.30. The van der Waals surface area contributed by atoms with Gasteiger partial charge >= 0.3 is 5.97 Å². The first-order chi connectivity index (χ1) is 8.30. The Morgan fingerprint density at radius 1 is 1.39 bits per heavy atom. The second-order valence-electron chi connectivity index (χ2n) is 3.51. The summed E-state index contributed by atoms with van der Waals surface area (Å²) < 4.78 is 54.7. The average Bonchev–Trinajstić information content (AvgIpc) is 2.31. The van der Waals surface area contributed by atoms with Gasteiger partial charge in [-0.15, -0.1) is 0 Å². The number of hydrogen-bond acceptors (Lipinski definition) is 4. The highest BCUT2D eigenvalue weighted by Crippen LogP contribution is 2.21. The van der Waals surface area contributed by atoms with Crippen molar-refractivity contribution >= 4 is 15.8 Å². The van der Waals surface area contributed by atoms with E-state index in [1.165, 1.54) is 6.92 Å². The van der Waals surface area contributed by atoms with Crippen LogP contribution in [0.1, 0.15) is 13.8 Å². The van der Waals surface area contributed by atoms with Crippen molar-refractivity contribution in [3.8, 4) is 0 Å². The summed E-state index contributed by atoms with van der Waals surface area (Å²) in [6.07, 6.45) is 0. The molecule has 0 aromatic heterocycles. The Morgan fingerprint density at radius 3 is 2.56 bits per heavy atom. The molecular weight excluding hydrogens is 266 g/mol. The summed E-state index contributed by atoms with van der Waals surface area (Å²) in [7, 11) is -4.30. The van der Waals surface area contributed by atoms with E-state index in [-0.39, 0.29) is 6.61 Å². The number of hydrogen-bond donors (Lipinski definition) is 0. The molecule has 0 fully saturated rings. The third-order valence-electron chi connectivity index (χ3n) is 2.28. The normalized spacial score (nSPS) is 13.1. The molecule has 0 saturated heterocycles. The zero-order valence-electron chi connectivity index (χ0n) is 9.81. The number of halogens is 2. The number of carbonyl (C=O) groups excluding carboxylic acids is 1. The van der Waals surface area contributed by atoms with Crippen LogP contribution in [0.2, 0.25) is 0 Å². The second-order valence-corrected chi connectivity index (χ2v) is 5.75. The van der Waals surface area contributed by atoms with Crippen molar-refractivity contribution in [2.24, 2.45) is 0 Å². The molecule has 0 aliphatic heterocycles. The molecule has 0 N–H and O–H groups in total. The molecule has 1 atom stereocenters. The van der Waals surface area contributed by atoms with Crippen molar-refractivity contribution in [3.05, 3.63) is 29.8 Å². The van der Waals surface area contributed by atoms with Gasteiger partial charge in [-0.25, -0.2) is 17.2 Å². The topological polar surface area (TPSA) is 60.4 Å². The average molecular weight is 278 g/mol. The quantitative estimate of drug-likeness (QED) is 0.786. The maximum absolute atomic E-state index is 13.4. The minimum absolute atomic E-state index is 0.00429. The van der Waals surface area contributed by atoms with Crippen LogP contribution in [0.3, 0.4) is 0 Å². The van der Waals surface area contributed by atoms with Crippen LogP contribution < -0.4 is 0 Å². The highest BCUT2D eigenvalue weighted by atomic mass is 32.2. The Morgan fingerprint density at radius 2 is 2.00 bits per heavy atom. The van der Waals surface area contributed by atoms with Crippen LogP contribution in [0.25, 0.3) is 0 Å². The van der Waals surface area contributed by atoms with E-state index in [1.807, 2.05) is 0 Å². The van der Waals surface area contributed by atoms with Gasteiger partial charge in [0.15, 0.2) is 15.1 Å². The van der Waals surface area contributed by atoms with Crippen LogP contribution in [-0.2, 0) is 19.4 Å². The van der Waals surface area contributed by atoms with Crippen molar-refractivity contribution in [3.63, 3.8) is 0 Å². The lowest BCUT2D eigenvalue weighted by atomic mass is 10.3. The van der Waals surface area contributed by atoms with Crippen molar-refractivity contribution in [1.29, 1.82) is 0 Å². The number of ether oxygens (including phenoxy) is 1. The Balaban J connectivity index is 3.21. The van der Waals surface area contributed by atoms with Gasteiger partial charge in [0.25, 0.3) is 0 Å². The molecule has 0 aliphatic rings. The first-order valence-corrected chi connectivity index (χ1v) is 6.71. The highest BCUT2D eigenvalue weighted by molar-refractivity contribution is 7.92. The van der Waals surface area contributed by atoms with E-state index in [0.29, 0.717) is 12.1 Å². The molecule has 1 aromatic rings. The monoisotopic (exact) mass is 278 g/mol. The maximum atomic E-state index is 13.4. The van der Waals surface area contributed by atoms with Crippen LogP contribution >= 0.6 is 0 Å². The van der Waals surface area contributed by atoms with Crippen LogP contribution in [0, 0.1) is 11.6 Å². The van der Waals surface area contributed by atoms with E-state index in [9.17, 15) is 22.0 Å². The predicted molar refractivity (Wildman–Crippen MR) is 59.6 cm³/mol. The molecule has 4 nitrogen and oxygen atoms in total. The van der Waals surface area contributed by atoms with Gasteiger partial charge in [0.1, 0.15) is 16.5 Å². The Bertz CT molecular complexity index is 554. The van der Waals surface area contributed by atoms with Gasteiger partial charge in [0.05, 0.1) is 6.61 Å². The molecular formula is C11H12F2O4S. The van der Waals surface area contributed by atoms with Crippen molar-refractivity contribution in [2.75, 3.05) is 6.61 Å². The third-order valence-corrected chi connectivity index (χ3v) is 4.33. The summed E-state index contributed by atoms with van der Waals surface area (Å²) in [6, 6.07) is 2.03. The number of carbonyl (C=O) groups is 1. The fourth-order valence-electron chi connectivity index (χ4n) is 1.27. The Hall–Kier alpha value is -1.50. The zero-order chi connectivity index (χ0) is 13.9. The largest absolute Gasteiger partial charge is 0.465 e. The van der Waals surface area contributed by atoms with Gasteiger partial charge in [-0.2, -0.15) is 0 Å². The molecule has 0 spiro atoms. The molecule has 0 aliphatic carbocycles. The minimum atomic E-state index is -4.30. The Labute approximate surface area is 103 Å². The smallest absolute Gasteiger partial charge is 0.324 e. The zero-order valence-corrected chi connectivity index (χ0v) is 10.6. The fraction of sp³-hybridized carbons (Fsp3) is 0.364. The molecule has 0 bridgehead atoms. The number of rotatable bonds is 4. The highest BCUT2D eigenvalue weighted by Gasteiger charge is 2.33. The van der Waals surface area contributed by atoms with E-state index < -0.39 is 37.6 Å². The van der Waals surface area contributed by atoms with E-state index in [1.54, 1.807) is 0 Å². The fourth-order valence-corrected chi connectivity index (χ4v) is 2.59. The summed E-state index contributed by atoms with van der Waals surface area (Å²) >= 11 is 0. The van der Waals surface area contributed by atoms with E-state index in [0.717, 1.165) is 13.0 Å². The lowest BCUT2D eigenvalue weighted by Gasteiger charge is -2.12. The predicted octanol–water partition coefficient (Wildman–Crippen LogP) is 1.69. The number of benzene rings is 1. The maximum Gasteiger partial charge on any atom is 0.324 e. The van der Waals surface area contributed by atoms with Crippen molar-refractivity contribution in [1.82, 2.24) is 0 Å². The van der Waals surface area contributed by atoms with E-state index in [2.05, 4.69) is 4.74 Å². The van der Waals surface area contributed by atoms with Gasteiger partial charge in [0, 0.05) is 0 Å². The van der Waals surface area contributed by atoms with Crippen LogP contribution in [0.15, 0.2) is 23.1 Å². The molecule has 0 heterocycles. The van der Waals surface area contributed by atoms with Gasteiger partial charge in [-0.1, -0.05) is 0 Å². The molecule has 1 unspecified atom stereocenters. The summed E-state index contributed by atoms with van der Waals surface area (Å²) in [4.78, 5) is 10.5. The van der Waals surface area contributed by atoms with Gasteiger partial charge in [-0.3, -0.25) is 4.79 Å². The van der Waals surface area contributed by atoms with Gasteiger partial charge < -0.3 is 4.74 Å². The van der Waals surface area contributed by atoms with Gasteiger partial charge in [-0.05, 0) is 32.0 Å². The molecule has 0 radical (unpaired) electrons. The molecule has 100 valence electrons.